The van der Waals surface area contributed by atoms with Gasteiger partial charge in [-0.15, -0.1) is 0 Å². The summed E-state index contributed by atoms with van der Waals surface area (Å²) in [5, 5.41) is 7.06. The monoisotopic (exact) mass is 351 g/mol. The zero-order valence-corrected chi connectivity index (χ0v) is 14.6. The molecule has 1 aromatic carbocycles. The highest BCUT2D eigenvalue weighted by Crippen LogP contribution is 2.24. The van der Waals surface area contributed by atoms with E-state index in [1.54, 1.807) is 36.5 Å². The Kier molecular flexibility index (Phi) is 6.25. The lowest BCUT2D eigenvalue weighted by Gasteiger charge is -2.09. The first-order chi connectivity index (χ1) is 10.9. The summed E-state index contributed by atoms with van der Waals surface area (Å²) in [5.74, 6) is 1.06. The van der Waals surface area contributed by atoms with Crippen molar-refractivity contribution < 1.29 is 4.79 Å². The van der Waals surface area contributed by atoms with Crippen molar-refractivity contribution in [3.63, 3.8) is 0 Å². The molecule has 0 saturated heterocycles. The van der Waals surface area contributed by atoms with E-state index in [0.717, 1.165) is 12.1 Å². The zero-order chi connectivity index (χ0) is 16.8. The number of anilines is 2. The van der Waals surface area contributed by atoms with E-state index in [4.69, 9.17) is 23.2 Å². The van der Waals surface area contributed by atoms with Crippen molar-refractivity contribution in [2.75, 3.05) is 11.9 Å². The largest absolute Gasteiger partial charge is 0.352 e. The van der Waals surface area contributed by atoms with Crippen molar-refractivity contribution in [1.29, 1.82) is 0 Å². The Labute approximate surface area is 146 Å². The van der Waals surface area contributed by atoms with Crippen molar-refractivity contribution >= 4 is 40.6 Å². The van der Waals surface area contributed by atoms with Gasteiger partial charge in [0.2, 0.25) is 0 Å². The molecule has 0 radical (unpaired) electrons. The maximum absolute atomic E-state index is 12.0. The summed E-state index contributed by atoms with van der Waals surface area (Å²) in [4.78, 5) is 16.2. The van der Waals surface area contributed by atoms with Crippen LogP contribution in [0, 0.1) is 5.92 Å². The molecular weight excluding hydrogens is 333 g/mol. The molecule has 23 heavy (non-hydrogen) atoms. The van der Waals surface area contributed by atoms with Gasteiger partial charge >= 0.3 is 0 Å². The number of nitrogens with zero attached hydrogens (tertiary/aromatic N) is 1. The van der Waals surface area contributed by atoms with Gasteiger partial charge in [-0.1, -0.05) is 37.0 Å². The van der Waals surface area contributed by atoms with Crippen molar-refractivity contribution in [2.45, 2.75) is 20.3 Å². The minimum Gasteiger partial charge on any atom is -0.352 e. The third-order valence-electron chi connectivity index (χ3n) is 3.17. The normalized spacial score (nSPS) is 10.7. The van der Waals surface area contributed by atoms with Crippen LogP contribution in [-0.4, -0.2) is 17.4 Å². The summed E-state index contributed by atoms with van der Waals surface area (Å²) in [6.07, 6.45) is 2.49. The number of amides is 1. The number of aromatic nitrogens is 1. The van der Waals surface area contributed by atoms with Crippen LogP contribution < -0.4 is 10.6 Å². The Morgan fingerprint density at radius 3 is 2.43 bits per heavy atom. The van der Waals surface area contributed by atoms with Gasteiger partial charge in [-0.05, 0) is 42.7 Å². The molecule has 0 aliphatic heterocycles. The van der Waals surface area contributed by atoms with Crippen molar-refractivity contribution in [1.82, 2.24) is 10.3 Å². The molecule has 0 fully saturated rings. The fourth-order valence-corrected chi connectivity index (χ4v) is 2.48. The molecule has 2 aromatic rings. The standard InChI is InChI=1S/C17H19Cl2N3O/c1-11(2)5-6-20-17(23)12-3-4-16(21-10-12)22-15-8-13(18)7-14(19)9-15/h3-4,7-11H,5-6H2,1-2H3,(H,20,23)(H,21,22). The number of carbonyl (C=O) groups is 1. The van der Waals surface area contributed by atoms with Crippen LogP contribution in [0.3, 0.4) is 0 Å². The summed E-state index contributed by atoms with van der Waals surface area (Å²) in [7, 11) is 0. The Morgan fingerprint density at radius 1 is 1.17 bits per heavy atom. The average Bonchev–Trinajstić information content (AvgIpc) is 2.46. The van der Waals surface area contributed by atoms with Gasteiger partial charge in [0.25, 0.3) is 5.91 Å². The zero-order valence-electron chi connectivity index (χ0n) is 13.1. The molecule has 0 saturated carbocycles. The summed E-state index contributed by atoms with van der Waals surface area (Å²) in [6, 6.07) is 8.63. The molecule has 1 amide bonds. The van der Waals surface area contributed by atoms with Gasteiger partial charge in [-0.25, -0.2) is 4.98 Å². The van der Waals surface area contributed by atoms with Crippen molar-refractivity contribution in [3.8, 4) is 0 Å². The summed E-state index contributed by atoms with van der Waals surface area (Å²) < 4.78 is 0. The summed E-state index contributed by atoms with van der Waals surface area (Å²) in [6.45, 7) is 4.91. The predicted octanol–water partition coefficient (Wildman–Crippen LogP) is 4.91. The van der Waals surface area contributed by atoms with E-state index in [0.29, 0.717) is 33.9 Å². The SMILES string of the molecule is CC(C)CCNC(=O)c1ccc(Nc2cc(Cl)cc(Cl)c2)nc1. The van der Waals surface area contributed by atoms with E-state index in [1.165, 1.54) is 0 Å². The Balaban J connectivity index is 1.97. The van der Waals surface area contributed by atoms with E-state index in [2.05, 4.69) is 29.5 Å². The highest BCUT2D eigenvalue weighted by Gasteiger charge is 2.06. The van der Waals surface area contributed by atoms with E-state index in [9.17, 15) is 4.79 Å². The molecule has 4 nitrogen and oxygen atoms in total. The molecule has 0 aliphatic carbocycles. The molecule has 0 atom stereocenters. The van der Waals surface area contributed by atoms with Crippen LogP contribution in [0.15, 0.2) is 36.5 Å². The fraction of sp³-hybridized carbons (Fsp3) is 0.294. The second kappa shape index (κ2) is 8.18. The minimum atomic E-state index is -0.115. The van der Waals surface area contributed by atoms with Gasteiger partial charge < -0.3 is 10.6 Å². The molecule has 0 spiro atoms. The topological polar surface area (TPSA) is 54.0 Å². The summed E-state index contributed by atoms with van der Waals surface area (Å²) in [5.41, 5.74) is 1.27. The van der Waals surface area contributed by atoms with Crippen LogP contribution >= 0.6 is 23.2 Å². The third kappa shape index (κ3) is 5.73. The maximum atomic E-state index is 12.0. The van der Waals surface area contributed by atoms with E-state index < -0.39 is 0 Å². The van der Waals surface area contributed by atoms with Crippen molar-refractivity contribution in [2.24, 2.45) is 5.92 Å². The van der Waals surface area contributed by atoms with Crippen LogP contribution in [0.4, 0.5) is 11.5 Å². The number of halogens is 2. The molecule has 2 N–H and O–H groups in total. The number of rotatable bonds is 6. The quantitative estimate of drug-likeness (QED) is 0.777. The highest BCUT2D eigenvalue weighted by molar-refractivity contribution is 6.35. The second-order valence-corrected chi connectivity index (χ2v) is 6.53. The first-order valence-electron chi connectivity index (χ1n) is 7.41. The molecule has 0 unspecified atom stereocenters. The van der Waals surface area contributed by atoms with Gasteiger partial charge in [0, 0.05) is 28.5 Å². The smallest absolute Gasteiger partial charge is 0.252 e. The van der Waals surface area contributed by atoms with Crippen LogP contribution in [0.25, 0.3) is 0 Å². The molecule has 122 valence electrons. The first-order valence-corrected chi connectivity index (χ1v) is 8.17. The maximum Gasteiger partial charge on any atom is 0.252 e. The van der Waals surface area contributed by atoms with E-state index in [1.807, 2.05) is 0 Å². The Bertz CT molecular complexity index is 652. The molecule has 1 aromatic heterocycles. The number of carbonyl (C=O) groups excluding carboxylic acids is 1. The number of pyridine rings is 1. The van der Waals surface area contributed by atoms with Crippen LogP contribution in [0.2, 0.25) is 10.0 Å². The third-order valence-corrected chi connectivity index (χ3v) is 3.60. The average molecular weight is 352 g/mol. The number of hydrogen-bond acceptors (Lipinski definition) is 3. The van der Waals surface area contributed by atoms with Crippen molar-refractivity contribution in [3.05, 3.63) is 52.1 Å². The molecule has 2 rings (SSSR count). The van der Waals surface area contributed by atoms with Gasteiger partial charge in [0.05, 0.1) is 5.56 Å². The Hall–Kier alpha value is -1.78. The predicted molar refractivity (Wildman–Crippen MR) is 95.8 cm³/mol. The van der Waals surface area contributed by atoms with Crippen LogP contribution in [-0.2, 0) is 0 Å². The lowest BCUT2D eigenvalue weighted by atomic mass is 10.1. The lowest BCUT2D eigenvalue weighted by molar-refractivity contribution is 0.0951. The lowest BCUT2D eigenvalue weighted by Crippen LogP contribution is -2.25. The highest BCUT2D eigenvalue weighted by atomic mass is 35.5. The Morgan fingerprint density at radius 2 is 1.87 bits per heavy atom. The van der Waals surface area contributed by atoms with E-state index >= 15 is 0 Å². The van der Waals surface area contributed by atoms with Gasteiger partial charge in [0.1, 0.15) is 5.82 Å². The molecule has 6 heteroatoms. The molecule has 1 heterocycles. The van der Waals surface area contributed by atoms with Crippen LogP contribution in [0.5, 0.6) is 0 Å². The van der Waals surface area contributed by atoms with Crippen LogP contribution in [0.1, 0.15) is 30.6 Å². The number of hydrogen-bond donors (Lipinski definition) is 2. The second-order valence-electron chi connectivity index (χ2n) is 5.65. The fourth-order valence-electron chi connectivity index (χ4n) is 1.95. The van der Waals surface area contributed by atoms with E-state index in [-0.39, 0.29) is 5.91 Å². The number of nitrogens with one attached hydrogen (secondary N) is 2. The van der Waals surface area contributed by atoms with Gasteiger partial charge in [-0.3, -0.25) is 4.79 Å². The molecule has 0 aliphatic rings. The summed E-state index contributed by atoms with van der Waals surface area (Å²) >= 11 is 11.9. The minimum absolute atomic E-state index is 0.115. The van der Waals surface area contributed by atoms with Gasteiger partial charge in [-0.2, -0.15) is 0 Å². The first kappa shape index (κ1) is 17.6. The molecule has 0 bridgehead atoms. The number of benzene rings is 1. The molecular formula is C17H19Cl2N3O. The van der Waals surface area contributed by atoms with Gasteiger partial charge in [0.15, 0.2) is 0 Å².